The summed E-state index contributed by atoms with van der Waals surface area (Å²) < 4.78 is 76.8. The highest BCUT2D eigenvalue weighted by molar-refractivity contribution is 8.13. The van der Waals surface area contributed by atoms with Crippen LogP contribution in [0.5, 0.6) is 0 Å². The lowest BCUT2D eigenvalue weighted by atomic mass is 10.1. The second-order valence-electron chi connectivity index (χ2n) is 5.54. The van der Waals surface area contributed by atoms with Crippen LogP contribution in [0.2, 0.25) is 0 Å². The maximum absolute atomic E-state index is 12.8. The van der Waals surface area contributed by atoms with Crippen LogP contribution in [0.25, 0.3) is 0 Å². The summed E-state index contributed by atoms with van der Waals surface area (Å²) >= 11 is 6.74. The van der Waals surface area contributed by atoms with Crippen LogP contribution >= 0.6 is 23.4 Å². The molecule has 0 aliphatic carbocycles. The van der Waals surface area contributed by atoms with Crippen molar-refractivity contribution in [1.82, 2.24) is 0 Å². The summed E-state index contributed by atoms with van der Waals surface area (Å²) in [7, 11) is 0. The number of benzene rings is 1. The van der Waals surface area contributed by atoms with E-state index in [0.29, 0.717) is 23.6 Å². The fraction of sp³-hybridized carbons (Fsp3) is 0.500. The Balaban J connectivity index is 2.18. The molecule has 0 N–H and O–H groups in total. The molecule has 0 radical (unpaired) electrons. The van der Waals surface area contributed by atoms with E-state index in [1.165, 1.54) is 0 Å². The molecule has 1 aliphatic rings. The quantitative estimate of drug-likeness (QED) is 0.487. The molecule has 0 bridgehead atoms. The number of nitrogens with zero attached hydrogens (tertiary/aromatic N) is 1. The zero-order valence-electron chi connectivity index (χ0n) is 12.3. The molecular weight excluding hydrogens is 380 g/mol. The monoisotopic (exact) mass is 391 g/mol. The zero-order chi connectivity index (χ0) is 18.2. The van der Waals surface area contributed by atoms with Crippen LogP contribution in [0, 0.1) is 0 Å². The van der Waals surface area contributed by atoms with Gasteiger partial charge in [0.2, 0.25) is 0 Å². The van der Waals surface area contributed by atoms with Gasteiger partial charge in [0.15, 0.2) is 5.60 Å². The summed E-state index contributed by atoms with van der Waals surface area (Å²) in [5.74, 6) is 0.0793. The van der Waals surface area contributed by atoms with Crippen LogP contribution in [0.3, 0.4) is 0 Å². The molecular formula is C14H12ClF6NOS. The number of halogens is 7. The van der Waals surface area contributed by atoms with Gasteiger partial charge in [0, 0.05) is 12.2 Å². The van der Waals surface area contributed by atoms with Crippen molar-refractivity contribution in [2.24, 2.45) is 5.16 Å². The van der Waals surface area contributed by atoms with Gasteiger partial charge in [0.05, 0.1) is 17.0 Å². The first-order valence-corrected chi connectivity index (χ1v) is 8.17. The van der Waals surface area contributed by atoms with Crippen molar-refractivity contribution < 1.29 is 31.2 Å². The molecule has 1 unspecified atom stereocenters. The molecule has 1 aromatic carbocycles. The lowest BCUT2D eigenvalue weighted by Crippen LogP contribution is -2.26. The van der Waals surface area contributed by atoms with Crippen LogP contribution in [-0.2, 0) is 22.9 Å². The Hall–Kier alpha value is -1.09. The van der Waals surface area contributed by atoms with E-state index in [0.717, 1.165) is 11.8 Å². The van der Waals surface area contributed by atoms with Crippen LogP contribution in [0.1, 0.15) is 30.0 Å². The Kier molecular flexibility index (Phi) is 5.34. The largest absolute Gasteiger partial charge is 0.416 e. The highest BCUT2D eigenvalue weighted by Gasteiger charge is 2.37. The second kappa shape index (κ2) is 6.67. The molecule has 0 spiro atoms. The smallest absolute Gasteiger partial charge is 0.387 e. The van der Waals surface area contributed by atoms with Crippen molar-refractivity contribution in [3.05, 3.63) is 34.9 Å². The summed E-state index contributed by atoms with van der Waals surface area (Å²) in [6.45, 7) is 1.71. The second-order valence-corrected chi connectivity index (χ2v) is 6.86. The van der Waals surface area contributed by atoms with E-state index in [9.17, 15) is 26.3 Å². The number of hydrogen-bond acceptors (Lipinski definition) is 3. The molecule has 134 valence electrons. The summed E-state index contributed by atoms with van der Waals surface area (Å²) in [5, 5.41) is 4.24. The van der Waals surface area contributed by atoms with Crippen molar-refractivity contribution in [3.8, 4) is 0 Å². The Morgan fingerprint density at radius 1 is 1.12 bits per heavy atom. The van der Waals surface area contributed by atoms with Crippen molar-refractivity contribution in [2.75, 3.05) is 5.88 Å². The van der Waals surface area contributed by atoms with E-state index >= 15 is 0 Å². The minimum atomic E-state index is -4.86. The van der Waals surface area contributed by atoms with Gasteiger partial charge in [-0.25, -0.2) is 0 Å². The molecule has 0 aromatic heterocycles. The third kappa shape index (κ3) is 4.72. The van der Waals surface area contributed by atoms with E-state index in [1.807, 2.05) is 0 Å². The van der Waals surface area contributed by atoms with Gasteiger partial charge in [-0.1, -0.05) is 5.16 Å². The van der Waals surface area contributed by atoms with Crippen LogP contribution in [-0.4, -0.2) is 16.5 Å². The van der Waals surface area contributed by atoms with Crippen molar-refractivity contribution in [1.29, 1.82) is 0 Å². The van der Waals surface area contributed by atoms with Crippen molar-refractivity contribution in [2.45, 2.75) is 37.1 Å². The fourth-order valence-electron chi connectivity index (χ4n) is 1.96. The lowest BCUT2D eigenvalue weighted by Gasteiger charge is -2.16. The molecule has 0 amide bonds. The minimum absolute atomic E-state index is 0.0897. The van der Waals surface area contributed by atoms with Crippen LogP contribution in [0.4, 0.5) is 26.3 Å². The first-order valence-electron chi connectivity index (χ1n) is 6.65. The average molecular weight is 392 g/mol. The standard InChI is InChI=1S/C14H12ClF6NOS/c1-12(7-15)5-11(22-23-12)24-6-8-2-9(13(16,17)18)4-10(3-8)14(19,20)21/h2-4H,5-7H2,1H3. The molecule has 24 heavy (non-hydrogen) atoms. The molecule has 0 fully saturated rings. The van der Waals surface area contributed by atoms with Crippen LogP contribution < -0.4 is 0 Å². The number of rotatable bonds is 3. The number of oxime groups is 1. The van der Waals surface area contributed by atoms with Gasteiger partial charge in [-0.2, -0.15) is 26.3 Å². The Morgan fingerprint density at radius 2 is 1.67 bits per heavy atom. The molecule has 1 aromatic rings. The molecule has 1 aliphatic heterocycles. The topological polar surface area (TPSA) is 21.6 Å². The van der Waals surface area contributed by atoms with Gasteiger partial charge in [-0.05, 0) is 30.7 Å². The van der Waals surface area contributed by atoms with Gasteiger partial charge in [-0.15, -0.1) is 23.4 Å². The van der Waals surface area contributed by atoms with Gasteiger partial charge < -0.3 is 4.84 Å². The van der Waals surface area contributed by atoms with Gasteiger partial charge >= 0.3 is 12.4 Å². The number of thioether (sulfide) groups is 1. The van der Waals surface area contributed by atoms with Gasteiger partial charge in [0.25, 0.3) is 0 Å². The molecule has 2 rings (SSSR count). The maximum atomic E-state index is 12.8. The zero-order valence-corrected chi connectivity index (χ0v) is 13.8. The molecule has 1 atom stereocenters. The SMILES string of the molecule is CC1(CCl)CC(SCc2cc(C(F)(F)F)cc(C(F)(F)F)c2)=NO1. The van der Waals surface area contributed by atoms with Crippen molar-refractivity contribution in [3.63, 3.8) is 0 Å². The minimum Gasteiger partial charge on any atom is -0.387 e. The van der Waals surface area contributed by atoms with Gasteiger partial charge in [-0.3, -0.25) is 0 Å². The third-order valence-corrected chi connectivity index (χ3v) is 4.82. The molecule has 0 saturated carbocycles. The van der Waals surface area contributed by atoms with E-state index < -0.39 is 29.1 Å². The van der Waals surface area contributed by atoms with E-state index in [4.69, 9.17) is 16.4 Å². The molecule has 0 saturated heterocycles. The van der Waals surface area contributed by atoms with E-state index in [2.05, 4.69) is 5.16 Å². The first-order chi connectivity index (χ1) is 10.9. The Morgan fingerprint density at radius 3 is 2.08 bits per heavy atom. The fourth-order valence-corrected chi connectivity index (χ4v) is 3.10. The summed E-state index contributed by atoms with van der Waals surface area (Å²) in [4.78, 5) is 5.12. The Bertz CT molecular complexity index is 613. The lowest BCUT2D eigenvalue weighted by molar-refractivity contribution is -0.143. The summed E-state index contributed by atoms with van der Waals surface area (Å²) in [5.41, 5.74) is -3.45. The molecule has 10 heteroatoms. The summed E-state index contributed by atoms with van der Waals surface area (Å²) in [6, 6.07) is 1.52. The van der Waals surface area contributed by atoms with Gasteiger partial charge in [0.1, 0.15) is 5.04 Å². The predicted octanol–water partition coefficient (Wildman–Crippen LogP) is 5.69. The normalized spacial score (nSPS) is 21.6. The Labute approximate surface area is 143 Å². The predicted molar refractivity (Wildman–Crippen MR) is 80.0 cm³/mol. The van der Waals surface area contributed by atoms with E-state index in [1.54, 1.807) is 6.92 Å². The number of alkyl halides is 7. The maximum Gasteiger partial charge on any atom is 0.416 e. The average Bonchev–Trinajstić information content (AvgIpc) is 2.85. The van der Waals surface area contributed by atoms with Crippen LogP contribution in [0.15, 0.2) is 23.4 Å². The third-order valence-electron chi connectivity index (χ3n) is 3.23. The molecule has 2 nitrogen and oxygen atoms in total. The first kappa shape index (κ1) is 19.2. The van der Waals surface area contributed by atoms with Crippen molar-refractivity contribution >= 4 is 28.4 Å². The van der Waals surface area contributed by atoms with E-state index in [-0.39, 0.29) is 23.3 Å². The number of hydrogen-bond donors (Lipinski definition) is 0. The highest BCUT2D eigenvalue weighted by Crippen LogP contribution is 2.37. The highest BCUT2D eigenvalue weighted by atomic mass is 35.5. The molecule has 1 heterocycles. The summed E-state index contributed by atoms with van der Waals surface area (Å²) in [6.07, 6.45) is -9.36.